The fraction of sp³-hybridized carbons (Fsp3) is 0.238. The van der Waals surface area contributed by atoms with Crippen LogP contribution in [0.1, 0.15) is 36.5 Å². The van der Waals surface area contributed by atoms with Gasteiger partial charge >= 0.3 is 16.1 Å². The molecule has 0 N–H and O–H groups in total. The summed E-state index contributed by atoms with van der Waals surface area (Å²) in [5.74, 6) is -0.811. The molecule has 0 fully saturated rings. The van der Waals surface area contributed by atoms with E-state index < -0.39 is 16.1 Å². The minimum Gasteiger partial charge on any atom is -0.463 e. The first-order chi connectivity index (χ1) is 13.4. The van der Waals surface area contributed by atoms with Crippen molar-refractivity contribution in [3.8, 4) is 11.8 Å². The van der Waals surface area contributed by atoms with Crippen LogP contribution in [0.25, 0.3) is 6.08 Å². The molecule has 0 saturated carbocycles. The van der Waals surface area contributed by atoms with E-state index in [1.165, 1.54) is 18.2 Å². The fourth-order valence-corrected chi connectivity index (χ4v) is 3.38. The average molecular weight is 399 g/mol. The maximum absolute atomic E-state index is 12.3. The predicted molar refractivity (Wildman–Crippen MR) is 106 cm³/mol. The smallest absolute Gasteiger partial charge is 0.330 e. The van der Waals surface area contributed by atoms with E-state index in [2.05, 4.69) is 0 Å². The lowest BCUT2D eigenvalue weighted by atomic mass is 10.1. The van der Waals surface area contributed by atoms with E-state index in [0.717, 1.165) is 12.8 Å². The summed E-state index contributed by atoms with van der Waals surface area (Å²) in [7, 11) is -3.95. The Morgan fingerprint density at radius 1 is 1.18 bits per heavy atom. The third kappa shape index (κ3) is 6.89. The Labute approximate surface area is 165 Å². The second-order valence-corrected chi connectivity index (χ2v) is 7.56. The van der Waals surface area contributed by atoms with Crippen LogP contribution < -0.4 is 4.18 Å². The average Bonchev–Trinajstić information content (AvgIpc) is 2.66. The van der Waals surface area contributed by atoms with Crippen LogP contribution in [0, 0.1) is 11.3 Å². The van der Waals surface area contributed by atoms with Crippen LogP contribution in [-0.2, 0) is 25.4 Å². The van der Waals surface area contributed by atoms with Crippen molar-refractivity contribution >= 4 is 22.2 Å². The molecule has 0 aliphatic rings. The molecule has 0 amide bonds. The van der Waals surface area contributed by atoms with Gasteiger partial charge in [0, 0.05) is 6.08 Å². The van der Waals surface area contributed by atoms with Gasteiger partial charge in [-0.2, -0.15) is 13.7 Å². The molecule has 0 saturated heterocycles. The highest BCUT2D eigenvalue weighted by atomic mass is 32.2. The van der Waals surface area contributed by atoms with Gasteiger partial charge in [0.1, 0.15) is 11.8 Å². The van der Waals surface area contributed by atoms with Gasteiger partial charge in [-0.05, 0) is 35.8 Å². The Balaban J connectivity index is 2.05. The van der Waals surface area contributed by atoms with E-state index in [1.54, 1.807) is 42.5 Å². The zero-order valence-electron chi connectivity index (χ0n) is 15.5. The summed E-state index contributed by atoms with van der Waals surface area (Å²) in [6.45, 7) is 2.38. The van der Waals surface area contributed by atoms with Crippen LogP contribution in [0.3, 0.4) is 0 Å². The Kier molecular flexibility index (Phi) is 7.78. The van der Waals surface area contributed by atoms with Crippen molar-refractivity contribution in [1.82, 2.24) is 0 Å². The molecule has 7 heteroatoms. The zero-order valence-corrected chi connectivity index (χ0v) is 16.3. The third-order valence-corrected chi connectivity index (χ3v) is 4.79. The summed E-state index contributed by atoms with van der Waals surface area (Å²) in [6, 6.07) is 14.8. The van der Waals surface area contributed by atoms with Crippen LogP contribution in [0.15, 0.2) is 54.6 Å². The summed E-state index contributed by atoms with van der Waals surface area (Å²) in [5.41, 5.74) is 1.30. The second kappa shape index (κ2) is 10.3. The molecule has 0 heterocycles. The van der Waals surface area contributed by atoms with Gasteiger partial charge in [0.15, 0.2) is 5.75 Å². The number of nitriles is 1. The number of hydrogen-bond donors (Lipinski definition) is 0. The van der Waals surface area contributed by atoms with Crippen LogP contribution >= 0.6 is 0 Å². The summed E-state index contributed by atoms with van der Waals surface area (Å²) >= 11 is 0. The lowest BCUT2D eigenvalue weighted by Gasteiger charge is -2.08. The van der Waals surface area contributed by atoms with Gasteiger partial charge in [0.05, 0.1) is 12.2 Å². The molecule has 0 bridgehead atoms. The molecule has 2 rings (SSSR count). The van der Waals surface area contributed by atoms with E-state index in [-0.39, 0.29) is 17.1 Å². The van der Waals surface area contributed by atoms with Crippen LogP contribution in [0.5, 0.6) is 5.75 Å². The number of unbranched alkanes of at least 4 members (excludes halogenated alkanes) is 1. The molecular formula is C21H21NO5S. The summed E-state index contributed by atoms with van der Waals surface area (Å²) in [4.78, 5) is 11.6. The topological polar surface area (TPSA) is 93.5 Å². The molecule has 0 aliphatic carbocycles. The molecule has 2 aromatic carbocycles. The van der Waals surface area contributed by atoms with Crippen molar-refractivity contribution in [3.05, 3.63) is 71.3 Å². The Morgan fingerprint density at radius 2 is 1.96 bits per heavy atom. The molecule has 0 aromatic heterocycles. The number of ether oxygens (including phenoxy) is 1. The Morgan fingerprint density at radius 3 is 2.71 bits per heavy atom. The predicted octanol–water partition coefficient (Wildman–Crippen LogP) is 3.82. The van der Waals surface area contributed by atoms with Crippen LogP contribution in [0.4, 0.5) is 0 Å². The largest absolute Gasteiger partial charge is 0.463 e. The van der Waals surface area contributed by atoms with Gasteiger partial charge in [-0.3, -0.25) is 0 Å². The minimum atomic E-state index is -3.95. The van der Waals surface area contributed by atoms with E-state index in [4.69, 9.17) is 14.2 Å². The van der Waals surface area contributed by atoms with E-state index >= 15 is 0 Å². The highest BCUT2D eigenvalue weighted by Gasteiger charge is 2.16. The molecule has 0 spiro atoms. The maximum atomic E-state index is 12.3. The number of nitrogens with zero attached hydrogens (tertiary/aromatic N) is 1. The molecule has 0 atom stereocenters. The molecule has 0 radical (unpaired) electrons. The van der Waals surface area contributed by atoms with Crippen LogP contribution in [0.2, 0.25) is 0 Å². The first-order valence-corrected chi connectivity index (χ1v) is 10.4. The fourth-order valence-electron chi connectivity index (χ4n) is 2.32. The van der Waals surface area contributed by atoms with Crippen molar-refractivity contribution in [2.24, 2.45) is 0 Å². The summed E-state index contributed by atoms with van der Waals surface area (Å²) in [5, 5.41) is 9.04. The molecule has 146 valence electrons. The van der Waals surface area contributed by atoms with Gasteiger partial charge in [-0.15, -0.1) is 0 Å². The number of para-hydroxylation sites is 1. The number of carbonyl (C=O) groups excluding carboxylic acids is 1. The molecule has 28 heavy (non-hydrogen) atoms. The number of rotatable bonds is 9. The van der Waals surface area contributed by atoms with Crippen molar-refractivity contribution in [2.45, 2.75) is 25.5 Å². The van der Waals surface area contributed by atoms with Crippen LogP contribution in [-0.4, -0.2) is 21.0 Å². The maximum Gasteiger partial charge on any atom is 0.330 e. The Bertz CT molecular complexity index is 990. The number of benzene rings is 2. The molecular weight excluding hydrogens is 378 g/mol. The highest BCUT2D eigenvalue weighted by molar-refractivity contribution is 7.86. The second-order valence-electron chi connectivity index (χ2n) is 5.99. The standard InChI is InChI=1S/C21H21NO5S/c1-2-3-13-26-21(23)12-11-17-7-6-8-18(14-17)16-28(24,25)27-20-10-5-4-9-19(20)15-22/h4-12,14H,2-3,13,16H2,1H3/b12-11+. The molecule has 0 unspecified atom stereocenters. The number of carbonyl (C=O) groups is 1. The lowest BCUT2D eigenvalue weighted by molar-refractivity contribution is -0.137. The molecule has 0 aliphatic heterocycles. The normalized spacial score (nSPS) is 11.1. The van der Waals surface area contributed by atoms with Gasteiger partial charge < -0.3 is 8.92 Å². The first kappa shape index (κ1) is 21.2. The van der Waals surface area contributed by atoms with Gasteiger partial charge in [0.25, 0.3) is 0 Å². The highest BCUT2D eigenvalue weighted by Crippen LogP contribution is 2.20. The van der Waals surface area contributed by atoms with Crippen molar-refractivity contribution in [1.29, 1.82) is 5.26 Å². The van der Waals surface area contributed by atoms with Gasteiger partial charge in [0.2, 0.25) is 0 Å². The quantitative estimate of drug-likeness (QED) is 0.275. The summed E-state index contributed by atoms with van der Waals surface area (Å²) < 4.78 is 34.8. The number of esters is 1. The third-order valence-electron chi connectivity index (χ3n) is 3.67. The van der Waals surface area contributed by atoms with E-state index in [0.29, 0.717) is 17.7 Å². The zero-order chi connectivity index (χ0) is 20.4. The summed E-state index contributed by atoms with van der Waals surface area (Å²) in [6.07, 6.45) is 4.62. The van der Waals surface area contributed by atoms with Gasteiger partial charge in [-0.1, -0.05) is 49.7 Å². The lowest BCUT2D eigenvalue weighted by Crippen LogP contribution is -2.13. The number of hydrogen-bond acceptors (Lipinski definition) is 6. The first-order valence-electron chi connectivity index (χ1n) is 8.78. The minimum absolute atomic E-state index is 0.00382. The van der Waals surface area contributed by atoms with E-state index in [9.17, 15) is 13.2 Å². The van der Waals surface area contributed by atoms with Crippen molar-refractivity contribution in [2.75, 3.05) is 6.61 Å². The molecule has 2 aromatic rings. The molecule has 6 nitrogen and oxygen atoms in total. The van der Waals surface area contributed by atoms with Gasteiger partial charge in [-0.25, -0.2) is 4.79 Å². The SMILES string of the molecule is CCCCOC(=O)/C=C/c1cccc(CS(=O)(=O)Oc2ccccc2C#N)c1. The Hall–Kier alpha value is -3.11. The monoisotopic (exact) mass is 399 g/mol. The van der Waals surface area contributed by atoms with Crippen molar-refractivity contribution in [3.63, 3.8) is 0 Å². The van der Waals surface area contributed by atoms with E-state index in [1.807, 2.05) is 13.0 Å². The van der Waals surface area contributed by atoms with Crippen molar-refractivity contribution < 1.29 is 22.1 Å².